The summed E-state index contributed by atoms with van der Waals surface area (Å²) in [5, 5.41) is 2.36. The van der Waals surface area contributed by atoms with E-state index in [4.69, 9.17) is 9.47 Å². The van der Waals surface area contributed by atoms with Crippen LogP contribution in [-0.4, -0.2) is 25.0 Å². The highest BCUT2D eigenvalue weighted by Gasteiger charge is 2.34. The van der Waals surface area contributed by atoms with Crippen LogP contribution in [0.4, 0.5) is 0 Å². The Balaban J connectivity index is 1.92. The van der Waals surface area contributed by atoms with Crippen molar-refractivity contribution in [3.05, 3.63) is 23.8 Å². The Morgan fingerprint density at radius 1 is 1.16 bits per heavy atom. The average Bonchev–Trinajstić information content (AvgIpc) is 2.42. The number of carbonyl (C=O) groups excluding carboxylic acids is 2. The van der Waals surface area contributed by atoms with Gasteiger partial charge in [-0.3, -0.25) is 14.9 Å². The summed E-state index contributed by atoms with van der Waals surface area (Å²) >= 11 is 0. The number of nitrogens with one attached hydrogen (secondary N) is 1. The molecule has 3 rings (SSSR count). The topological polar surface area (TPSA) is 64.6 Å². The monoisotopic (exact) mass is 261 g/mol. The van der Waals surface area contributed by atoms with E-state index in [0.717, 1.165) is 5.56 Å². The molecule has 19 heavy (non-hydrogen) atoms. The first kappa shape index (κ1) is 12.0. The van der Waals surface area contributed by atoms with Gasteiger partial charge < -0.3 is 9.47 Å². The number of ether oxygens (including phenoxy) is 2. The number of benzene rings is 1. The standard InChI is InChI=1S/C14H15NO4/c1-8-10(7-13(16)15-14(8)17)9-2-3-11-12(6-9)19-5-4-18-11/h2-3,6,8,10H,4-5,7H2,1H3,(H,15,16,17). The highest BCUT2D eigenvalue weighted by molar-refractivity contribution is 5.99. The second kappa shape index (κ2) is 4.57. The maximum absolute atomic E-state index is 11.7. The molecule has 1 aromatic rings. The molecule has 2 amide bonds. The maximum atomic E-state index is 11.7. The summed E-state index contributed by atoms with van der Waals surface area (Å²) in [5.41, 5.74) is 0.944. The van der Waals surface area contributed by atoms with Crippen molar-refractivity contribution in [2.24, 2.45) is 5.92 Å². The number of imide groups is 1. The van der Waals surface area contributed by atoms with Gasteiger partial charge in [0.1, 0.15) is 13.2 Å². The van der Waals surface area contributed by atoms with Crippen LogP contribution in [0.2, 0.25) is 0 Å². The van der Waals surface area contributed by atoms with Crippen LogP contribution in [-0.2, 0) is 9.59 Å². The molecule has 0 saturated carbocycles. The molecule has 1 N–H and O–H groups in total. The van der Waals surface area contributed by atoms with E-state index in [1.165, 1.54) is 0 Å². The molecule has 2 atom stereocenters. The van der Waals surface area contributed by atoms with Gasteiger partial charge in [0.15, 0.2) is 11.5 Å². The van der Waals surface area contributed by atoms with E-state index < -0.39 is 0 Å². The lowest BCUT2D eigenvalue weighted by molar-refractivity contribution is -0.136. The van der Waals surface area contributed by atoms with Crippen molar-refractivity contribution in [1.82, 2.24) is 5.32 Å². The van der Waals surface area contributed by atoms with Gasteiger partial charge in [0, 0.05) is 18.3 Å². The van der Waals surface area contributed by atoms with Crippen molar-refractivity contribution >= 4 is 11.8 Å². The zero-order chi connectivity index (χ0) is 13.4. The summed E-state index contributed by atoms with van der Waals surface area (Å²) in [6, 6.07) is 5.62. The molecule has 2 heterocycles. The molecule has 0 radical (unpaired) electrons. The van der Waals surface area contributed by atoms with E-state index in [-0.39, 0.29) is 23.7 Å². The van der Waals surface area contributed by atoms with E-state index in [1.54, 1.807) is 0 Å². The van der Waals surface area contributed by atoms with Crippen LogP contribution in [0.3, 0.4) is 0 Å². The average molecular weight is 261 g/mol. The highest BCUT2D eigenvalue weighted by Crippen LogP contribution is 2.37. The predicted molar refractivity (Wildman–Crippen MR) is 67.1 cm³/mol. The molecule has 100 valence electrons. The van der Waals surface area contributed by atoms with Gasteiger partial charge in [-0.15, -0.1) is 0 Å². The Morgan fingerprint density at radius 2 is 1.89 bits per heavy atom. The minimum absolute atomic E-state index is 0.0999. The van der Waals surface area contributed by atoms with Crippen molar-refractivity contribution in [1.29, 1.82) is 0 Å². The molecule has 0 aliphatic carbocycles. The van der Waals surface area contributed by atoms with Gasteiger partial charge in [-0.25, -0.2) is 0 Å². The summed E-state index contributed by atoms with van der Waals surface area (Å²) in [6.07, 6.45) is 0.326. The molecule has 1 fully saturated rings. The van der Waals surface area contributed by atoms with E-state index in [9.17, 15) is 9.59 Å². The third kappa shape index (κ3) is 2.16. The molecule has 1 aromatic carbocycles. The fraction of sp³-hybridized carbons (Fsp3) is 0.429. The van der Waals surface area contributed by atoms with E-state index in [0.29, 0.717) is 31.1 Å². The van der Waals surface area contributed by atoms with E-state index in [1.807, 2.05) is 25.1 Å². The second-order valence-corrected chi connectivity index (χ2v) is 4.91. The summed E-state index contributed by atoms with van der Waals surface area (Å²) in [5.74, 6) is 0.653. The van der Waals surface area contributed by atoms with Gasteiger partial charge in [0.05, 0.1) is 0 Å². The van der Waals surface area contributed by atoms with E-state index in [2.05, 4.69) is 5.32 Å². The zero-order valence-corrected chi connectivity index (χ0v) is 10.6. The molecular formula is C14H15NO4. The van der Waals surface area contributed by atoms with Crippen molar-refractivity contribution < 1.29 is 19.1 Å². The van der Waals surface area contributed by atoms with Crippen molar-refractivity contribution in [3.8, 4) is 11.5 Å². The lowest BCUT2D eigenvalue weighted by atomic mass is 9.81. The quantitative estimate of drug-likeness (QED) is 0.772. The SMILES string of the molecule is CC1C(=O)NC(=O)CC1c1ccc2c(c1)OCCO2. The fourth-order valence-corrected chi connectivity index (χ4v) is 2.56. The van der Waals surface area contributed by atoms with Crippen molar-refractivity contribution in [3.63, 3.8) is 0 Å². The van der Waals surface area contributed by atoms with Crippen LogP contribution in [0, 0.1) is 5.92 Å². The molecule has 2 aliphatic rings. The van der Waals surface area contributed by atoms with Crippen molar-refractivity contribution in [2.75, 3.05) is 13.2 Å². The summed E-state index contributed by atoms with van der Waals surface area (Å²) in [6.45, 7) is 2.91. The molecule has 2 aliphatic heterocycles. The van der Waals surface area contributed by atoms with Gasteiger partial charge >= 0.3 is 0 Å². The highest BCUT2D eigenvalue weighted by atomic mass is 16.6. The number of fused-ring (bicyclic) bond motifs is 1. The van der Waals surface area contributed by atoms with Gasteiger partial charge in [0.2, 0.25) is 11.8 Å². The third-order valence-electron chi connectivity index (χ3n) is 3.68. The Kier molecular flexibility index (Phi) is 2.89. The van der Waals surface area contributed by atoms with Crippen LogP contribution in [0.1, 0.15) is 24.8 Å². The second-order valence-electron chi connectivity index (χ2n) is 4.91. The normalized spacial score (nSPS) is 25.9. The van der Waals surface area contributed by atoms with Crippen LogP contribution in [0.15, 0.2) is 18.2 Å². The fourth-order valence-electron chi connectivity index (χ4n) is 2.56. The molecule has 0 aromatic heterocycles. The van der Waals surface area contributed by atoms with Crippen LogP contribution in [0.25, 0.3) is 0 Å². The van der Waals surface area contributed by atoms with E-state index >= 15 is 0 Å². The third-order valence-corrected chi connectivity index (χ3v) is 3.68. The van der Waals surface area contributed by atoms with Crippen LogP contribution >= 0.6 is 0 Å². The molecule has 5 nitrogen and oxygen atoms in total. The first-order valence-corrected chi connectivity index (χ1v) is 6.38. The molecule has 0 bridgehead atoms. The number of piperidine rings is 1. The summed E-state index contributed by atoms with van der Waals surface area (Å²) < 4.78 is 11.0. The molecule has 5 heteroatoms. The van der Waals surface area contributed by atoms with Gasteiger partial charge in [-0.2, -0.15) is 0 Å². The number of hydrogen-bond donors (Lipinski definition) is 1. The Labute approximate surface area is 110 Å². The first-order valence-electron chi connectivity index (χ1n) is 6.38. The van der Waals surface area contributed by atoms with Crippen LogP contribution in [0.5, 0.6) is 11.5 Å². The van der Waals surface area contributed by atoms with Gasteiger partial charge in [-0.1, -0.05) is 13.0 Å². The molecule has 1 saturated heterocycles. The molecular weight excluding hydrogens is 246 g/mol. The molecule has 0 spiro atoms. The largest absolute Gasteiger partial charge is 0.486 e. The smallest absolute Gasteiger partial charge is 0.230 e. The maximum Gasteiger partial charge on any atom is 0.230 e. The lowest BCUT2D eigenvalue weighted by Gasteiger charge is -2.28. The number of carbonyl (C=O) groups is 2. The minimum atomic E-state index is -0.222. The predicted octanol–water partition coefficient (Wildman–Crippen LogP) is 1.22. The number of rotatable bonds is 1. The van der Waals surface area contributed by atoms with Crippen molar-refractivity contribution in [2.45, 2.75) is 19.3 Å². The number of hydrogen-bond acceptors (Lipinski definition) is 4. The van der Waals surface area contributed by atoms with Gasteiger partial charge in [-0.05, 0) is 17.7 Å². The zero-order valence-electron chi connectivity index (χ0n) is 10.6. The summed E-state index contributed by atoms with van der Waals surface area (Å²) in [4.78, 5) is 23.2. The van der Waals surface area contributed by atoms with Crippen LogP contribution < -0.4 is 14.8 Å². The Hall–Kier alpha value is -2.04. The lowest BCUT2D eigenvalue weighted by Crippen LogP contribution is -2.43. The first-order chi connectivity index (χ1) is 9.15. The Bertz CT molecular complexity index is 540. The Morgan fingerprint density at radius 3 is 2.68 bits per heavy atom. The molecule has 2 unspecified atom stereocenters. The minimum Gasteiger partial charge on any atom is -0.486 e. The number of amides is 2. The summed E-state index contributed by atoms with van der Waals surface area (Å²) in [7, 11) is 0. The van der Waals surface area contributed by atoms with Gasteiger partial charge in [0.25, 0.3) is 0 Å².